The normalized spacial score (nSPS) is 21.4. The van der Waals surface area contributed by atoms with Crippen molar-refractivity contribution in [2.24, 2.45) is 0 Å². The number of hydrogen-bond donors (Lipinski definition) is 2. The van der Waals surface area contributed by atoms with E-state index < -0.39 is 24.0 Å². The summed E-state index contributed by atoms with van der Waals surface area (Å²) >= 11 is 0. The fourth-order valence-electron chi connectivity index (χ4n) is 5.44. The van der Waals surface area contributed by atoms with Crippen molar-refractivity contribution in [3.8, 4) is 0 Å². The number of anilines is 2. The fourth-order valence-corrected chi connectivity index (χ4v) is 5.44. The van der Waals surface area contributed by atoms with Crippen molar-refractivity contribution in [3.05, 3.63) is 72.1 Å². The Bertz CT molecular complexity index is 1230. The van der Waals surface area contributed by atoms with Crippen LogP contribution < -0.4 is 20.8 Å². The standard InChI is InChI=1S/C30H34N4O2/c1-3-5-15-31-23-11-7-9-21-19(13-17-33-27(21)23)25-29(35)26(30(25)36)20-14-18-34-28-22(20)10-8-12-24(28)32-16-6-4-2/h7-14,17-18,25-26,29-32H,3-6,15-16H2,1-2H3/q-2. The van der Waals surface area contributed by atoms with Gasteiger partial charge >= 0.3 is 0 Å². The number of fused-ring (bicyclic) bond motifs is 2. The molecule has 0 radical (unpaired) electrons. The molecule has 2 N–H and O–H groups in total. The maximum absolute atomic E-state index is 13.7. The molecule has 1 aliphatic rings. The molecule has 1 aliphatic carbocycles. The van der Waals surface area contributed by atoms with E-state index in [1.54, 1.807) is 12.4 Å². The molecule has 2 aromatic carbocycles. The Kier molecular flexibility index (Phi) is 7.35. The Morgan fingerprint density at radius 3 is 1.53 bits per heavy atom. The molecule has 6 nitrogen and oxygen atoms in total. The quantitative estimate of drug-likeness (QED) is 0.322. The summed E-state index contributed by atoms with van der Waals surface area (Å²) in [7, 11) is 0. The molecule has 36 heavy (non-hydrogen) atoms. The highest BCUT2D eigenvalue weighted by atomic mass is 16.3. The number of unbranched alkanes of at least 4 members (excludes halogenated alkanes) is 2. The van der Waals surface area contributed by atoms with Crippen LogP contribution in [-0.2, 0) is 0 Å². The number of nitrogens with one attached hydrogen (secondary N) is 2. The number of benzene rings is 2. The third kappa shape index (κ3) is 4.40. The van der Waals surface area contributed by atoms with Crippen LogP contribution in [0.4, 0.5) is 11.4 Å². The van der Waals surface area contributed by atoms with Crippen LogP contribution in [0.15, 0.2) is 60.9 Å². The maximum Gasteiger partial charge on any atom is 0.0936 e. The molecule has 6 heteroatoms. The Balaban J connectivity index is 1.45. The predicted octanol–water partition coefficient (Wildman–Crippen LogP) is 4.55. The number of aromatic nitrogens is 2. The summed E-state index contributed by atoms with van der Waals surface area (Å²) in [5.74, 6) is -1.19. The largest absolute Gasteiger partial charge is 0.851 e. The average Bonchev–Trinajstić information content (AvgIpc) is 2.90. The predicted molar refractivity (Wildman–Crippen MR) is 143 cm³/mol. The average molecular weight is 483 g/mol. The summed E-state index contributed by atoms with van der Waals surface area (Å²) in [5, 5.41) is 36.0. The van der Waals surface area contributed by atoms with Gasteiger partial charge in [0.15, 0.2) is 0 Å². The SMILES string of the molecule is CCCCNc1cccc2c(C3C([O-])C(c4ccnc5c(NCCCC)cccc45)C3[O-])ccnc12. The number of hydrogen-bond acceptors (Lipinski definition) is 6. The first-order chi connectivity index (χ1) is 17.7. The minimum Gasteiger partial charge on any atom is -0.851 e. The summed E-state index contributed by atoms with van der Waals surface area (Å²) < 4.78 is 0. The molecule has 0 amide bonds. The van der Waals surface area contributed by atoms with Crippen molar-refractivity contribution < 1.29 is 10.2 Å². The first-order valence-corrected chi connectivity index (χ1v) is 13.2. The number of para-hydroxylation sites is 2. The second kappa shape index (κ2) is 10.8. The first kappa shape index (κ1) is 24.5. The Morgan fingerprint density at radius 1 is 0.667 bits per heavy atom. The number of pyridine rings is 2. The van der Waals surface area contributed by atoms with Crippen LogP contribution >= 0.6 is 0 Å². The lowest BCUT2D eigenvalue weighted by Gasteiger charge is -2.62. The topological polar surface area (TPSA) is 96.0 Å². The van der Waals surface area contributed by atoms with E-state index in [0.29, 0.717) is 0 Å². The molecule has 188 valence electrons. The molecule has 5 rings (SSSR count). The zero-order valence-corrected chi connectivity index (χ0v) is 21.0. The van der Waals surface area contributed by atoms with Gasteiger partial charge in [-0.3, -0.25) is 9.97 Å². The molecule has 0 saturated heterocycles. The van der Waals surface area contributed by atoms with Gasteiger partial charge in [0.25, 0.3) is 0 Å². The molecule has 0 atom stereocenters. The van der Waals surface area contributed by atoms with Crippen molar-refractivity contribution >= 4 is 33.2 Å². The summed E-state index contributed by atoms with van der Waals surface area (Å²) in [5.41, 5.74) is 5.18. The second-order valence-corrected chi connectivity index (χ2v) is 9.75. The van der Waals surface area contributed by atoms with Crippen LogP contribution in [0.2, 0.25) is 0 Å². The third-order valence-electron chi connectivity index (χ3n) is 7.44. The van der Waals surface area contributed by atoms with E-state index in [2.05, 4.69) is 34.4 Å². The van der Waals surface area contributed by atoms with E-state index in [0.717, 1.165) is 83.1 Å². The van der Waals surface area contributed by atoms with Gasteiger partial charge in [-0.25, -0.2) is 0 Å². The first-order valence-electron chi connectivity index (χ1n) is 13.2. The zero-order valence-electron chi connectivity index (χ0n) is 21.0. The van der Waals surface area contributed by atoms with Gasteiger partial charge in [0.05, 0.1) is 22.4 Å². The van der Waals surface area contributed by atoms with E-state index in [1.807, 2.05) is 48.5 Å². The molecular weight excluding hydrogens is 448 g/mol. The maximum atomic E-state index is 13.7. The minimum atomic E-state index is -1.02. The zero-order chi connectivity index (χ0) is 25.1. The summed E-state index contributed by atoms with van der Waals surface area (Å²) in [6.45, 7) is 6.05. The molecular formula is C30H34N4O2-2. The molecule has 0 bridgehead atoms. The van der Waals surface area contributed by atoms with Gasteiger partial charge in [0.2, 0.25) is 0 Å². The smallest absolute Gasteiger partial charge is 0.0936 e. The monoisotopic (exact) mass is 482 g/mol. The minimum absolute atomic E-state index is 0.597. The number of nitrogens with zero attached hydrogens (tertiary/aromatic N) is 2. The summed E-state index contributed by atoms with van der Waals surface area (Å²) in [6, 6.07) is 15.6. The van der Waals surface area contributed by atoms with Crippen molar-refractivity contribution in [1.82, 2.24) is 9.97 Å². The highest BCUT2D eigenvalue weighted by molar-refractivity contribution is 5.94. The molecule has 2 aromatic heterocycles. The van der Waals surface area contributed by atoms with Crippen LogP contribution in [0.1, 0.15) is 62.5 Å². The van der Waals surface area contributed by atoms with Crippen molar-refractivity contribution in [1.29, 1.82) is 0 Å². The Morgan fingerprint density at radius 2 is 1.11 bits per heavy atom. The number of rotatable bonds is 10. The van der Waals surface area contributed by atoms with Crippen LogP contribution in [-0.4, -0.2) is 35.3 Å². The lowest BCUT2D eigenvalue weighted by molar-refractivity contribution is -0.535. The van der Waals surface area contributed by atoms with E-state index in [-0.39, 0.29) is 0 Å². The van der Waals surface area contributed by atoms with Gasteiger partial charge in [-0.05, 0) is 60.1 Å². The highest BCUT2D eigenvalue weighted by Gasteiger charge is 2.40. The van der Waals surface area contributed by atoms with E-state index in [1.165, 1.54) is 0 Å². The fraction of sp³-hybridized carbons (Fsp3) is 0.400. The van der Waals surface area contributed by atoms with E-state index in [4.69, 9.17) is 0 Å². The van der Waals surface area contributed by atoms with Gasteiger partial charge in [0.1, 0.15) is 0 Å². The van der Waals surface area contributed by atoms with Crippen LogP contribution in [0.25, 0.3) is 21.8 Å². The van der Waals surface area contributed by atoms with Crippen molar-refractivity contribution in [3.63, 3.8) is 0 Å². The van der Waals surface area contributed by atoms with Crippen molar-refractivity contribution in [2.75, 3.05) is 23.7 Å². The van der Waals surface area contributed by atoms with Crippen molar-refractivity contribution in [2.45, 2.75) is 63.6 Å². The molecule has 1 saturated carbocycles. The third-order valence-corrected chi connectivity index (χ3v) is 7.44. The van der Waals surface area contributed by atoms with Crippen LogP contribution in [0, 0.1) is 0 Å². The summed E-state index contributed by atoms with van der Waals surface area (Å²) in [6.07, 6.45) is 5.78. The Hall–Kier alpha value is -3.22. The van der Waals surface area contributed by atoms with Gasteiger partial charge in [-0.2, -0.15) is 0 Å². The molecule has 0 aliphatic heterocycles. The lowest BCUT2D eigenvalue weighted by Crippen LogP contribution is -2.63. The van der Waals surface area contributed by atoms with Gasteiger partial charge in [-0.15, -0.1) is 12.2 Å². The molecule has 2 heterocycles. The van der Waals surface area contributed by atoms with Crippen LogP contribution in [0.3, 0.4) is 0 Å². The van der Waals surface area contributed by atoms with E-state index >= 15 is 0 Å². The van der Waals surface area contributed by atoms with E-state index in [9.17, 15) is 10.2 Å². The second-order valence-electron chi connectivity index (χ2n) is 9.75. The van der Waals surface area contributed by atoms with Gasteiger partial charge < -0.3 is 20.8 Å². The molecule has 1 fully saturated rings. The Labute approximate surface area is 212 Å². The molecule has 4 aromatic rings. The lowest BCUT2D eigenvalue weighted by atomic mass is 9.62. The van der Waals surface area contributed by atoms with Gasteiger partial charge in [0, 0.05) is 36.3 Å². The molecule has 0 spiro atoms. The highest BCUT2D eigenvalue weighted by Crippen LogP contribution is 2.48. The van der Waals surface area contributed by atoms with Gasteiger partial charge in [-0.1, -0.05) is 51.0 Å². The molecule has 0 unspecified atom stereocenters. The summed E-state index contributed by atoms with van der Waals surface area (Å²) in [4.78, 5) is 9.18. The van der Waals surface area contributed by atoms with Crippen LogP contribution in [0.5, 0.6) is 0 Å².